The normalized spacial score (nSPS) is 12.2. The number of carboxylic acids is 1. The molecule has 0 aliphatic rings. The quantitative estimate of drug-likeness (QED) is 0.719. The second-order valence-corrected chi connectivity index (χ2v) is 4.41. The molecule has 0 saturated carbocycles. The highest BCUT2D eigenvalue weighted by molar-refractivity contribution is 5.67. The number of aliphatic carboxylic acids is 1. The molecule has 0 aromatic carbocycles. The average molecular weight is 269 g/mol. The number of carbonyl (C=O) groups is 1. The smallest absolute Gasteiger partial charge is 0.306 e. The van der Waals surface area contributed by atoms with Crippen molar-refractivity contribution in [2.75, 3.05) is 18.5 Å². The van der Waals surface area contributed by atoms with Crippen LogP contribution in [0.1, 0.15) is 19.8 Å². The van der Waals surface area contributed by atoms with E-state index in [9.17, 15) is 14.7 Å². The van der Waals surface area contributed by atoms with Gasteiger partial charge in [-0.2, -0.15) is 5.10 Å². The van der Waals surface area contributed by atoms with Crippen molar-refractivity contribution in [2.45, 2.75) is 32.4 Å². The summed E-state index contributed by atoms with van der Waals surface area (Å²) in [6.45, 7) is 2.73. The van der Waals surface area contributed by atoms with Crippen molar-refractivity contribution in [3.8, 4) is 0 Å². The van der Waals surface area contributed by atoms with Crippen molar-refractivity contribution in [1.29, 1.82) is 0 Å². The number of hydrogen-bond donors (Lipinski definition) is 2. The van der Waals surface area contributed by atoms with Gasteiger partial charge in [-0.15, -0.1) is 0 Å². The summed E-state index contributed by atoms with van der Waals surface area (Å²) in [5, 5.41) is 21.9. The molecule has 1 aromatic heterocycles. The van der Waals surface area contributed by atoms with Gasteiger partial charge in [0.05, 0.1) is 31.0 Å². The molecule has 1 atom stereocenters. The average Bonchev–Trinajstić information content (AvgIpc) is 2.31. The van der Waals surface area contributed by atoms with E-state index in [1.807, 2.05) is 18.9 Å². The minimum atomic E-state index is -1.12. The van der Waals surface area contributed by atoms with E-state index in [-0.39, 0.29) is 12.1 Å². The Morgan fingerprint density at radius 1 is 1.58 bits per heavy atom. The molecule has 0 saturated heterocycles. The third-order valence-corrected chi connectivity index (χ3v) is 2.65. The fourth-order valence-electron chi connectivity index (χ4n) is 1.70. The van der Waals surface area contributed by atoms with Gasteiger partial charge in [0.25, 0.3) is 5.56 Å². The third kappa shape index (κ3) is 4.70. The second kappa shape index (κ2) is 6.89. The van der Waals surface area contributed by atoms with Gasteiger partial charge in [-0.05, 0) is 6.42 Å². The molecule has 7 nitrogen and oxygen atoms in total. The molecule has 0 bridgehead atoms. The third-order valence-electron chi connectivity index (χ3n) is 2.65. The van der Waals surface area contributed by atoms with Crippen molar-refractivity contribution >= 4 is 11.7 Å². The van der Waals surface area contributed by atoms with E-state index in [1.54, 1.807) is 0 Å². The lowest BCUT2D eigenvalue weighted by Gasteiger charge is -2.18. The molecule has 19 heavy (non-hydrogen) atoms. The number of nitrogens with zero attached hydrogens (tertiary/aromatic N) is 3. The Bertz CT molecular complexity index is 486. The maximum atomic E-state index is 11.8. The van der Waals surface area contributed by atoms with Gasteiger partial charge in [-0.3, -0.25) is 9.59 Å². The Kier molecular flexibility index (Phi) is 5.50. The number of rotatable bonds is 7. The Morgan fingerprint density at radius 3 is 2.79 bits per heavy atom. The van der Waals surface area contributed by atoms with Crippen LogP contribution in [0, 0.1) is 0 Å². The van der Waals surface area contributed by atoms with E-state index < -0.39 is 18.5 Å². The van der Waals surface area contributed by atoms with Crippen LogP contribution in [0.2, 0.25) is 0 Å². The van der Waals surface area contributed by atoms with Crippen LogP contribution in [0.25, 0.3) is 0 Å². The summed E-state index contributed by atoms with van der Waals surface area (Å²) in [5.41, 5.74) is 0.348. The van der Waals surface area contributed by atoms with Crippen molar-refractivity contribution in [2.24, 2.45) is 0 Å². The lowest BCUT2D eigenvalue weighted by atomic mass is 10.2. The van der Waals surface area contributed by atoms with E-state index >= 15 is 0 Å². The van der Waals surface area contributed by atoms with E-state index in [0.29, 0.717) is 5.69 Å². The van der Waals surface area contributed by atoms with E-state index in [0.717, 1.165) is 17.6 Å². The molecular formula is C12H19N3O4. The summed E-state index contributed by atoms with van der Waals surface area (Å²) >= 11 is 0. The largest absolute Gasteiger partial charge is 0.481 e. The molecule has 1 aromatic rings. The number of aliphatic hydroxyl groups excluding tert-OH is 1. The maximum Gasteiger partial charge on any atom is 0.306 e. The monoisotopic (exact) mass is 269 g/mol. The van der Waals surface area contributed by atoms with Crippen molar-refractivity contribution in [3.05, 3.63) is 22.6 Å². The predicted octanol–water partition coefficient (Wildman–Crippen LogP) is -0.0749. The van der Waals surface area contributed by atoms with Crippen LogP contribution in [-0.4, -0.2) is 45.7 Å². The lowest BCUT2D eigenvalue weighted by molar-refractivity contribution is -0.139. The van der Waals surface area contributed by atoms with Crippen LogP contribution in [-0.2, 0) is 11.3 Å². The molecule has 0 aliphatic carbocycles. The Balaban J connectivity index is 2.77. The Morgan fingerprint density at radius 2 is 2.26 bits per heavy atom. The molecule has 1 rings (SSSR count). The summed E-state index contributed by atoms with van der Waals surface area (Å²) in [6, 6.07) is 1.43. The zero-order chi connectivity index (χ0) is 14.4. The van der Waals surface area contributed by atoms with E-state index in [2.05, 4.69) is 5.10 Å². The zero-order valence-corrected chi connectivity index (χ0v) is 11.1. The Labute approximate surface area is 111 Å². The van der Waals surface area contributed by atoms with Gasteiger partial charge in [-0.25, -0.2) is 4.68 Å². The zero-order valence-electron chi connectivity index (χ0n) is 11.1. The number of aromatic nitrogens is 2. The first kappa shape index (κ1) is 15.2. The van der Waals surface area contributed by atoms with Gasteiger partial charge >= 0.3 is 5.97 Å². The molecule has 0 aliphatic heterocycles. The standard InChI is InChI=1S/C12H19N3O4/c1-3-4-14(2)9-5-11(17)15(13-7-9)8-10(16)6-12(18)19/h5,7,10,16H,3-4,6,8H2,1-2H3,(H,18,19). The van der Waals surface area contributed by atoms with Crippen LogP contribution in [0.4, 0.5) is 5.69 Å². The van der Waals surface area contributed by atoms with Gasteiger partial charge in [0, 0.05) is 19.7 Å². The van der Waals surface area contributed by atoms with Gasteiger partial charge in [0.1, 0.15) is 0 Å². The number of carboxylic acid groups (broad SMARTS) is 1. The lowest BCUT2D eigenvalue weighted by Crippen LogP contribution is -2.31. The minimum absolute atomic E-state index is 0.122. The predicted molar refractivity (Wildman–Crippen MR) is 70.3 cm³/mol. The molecular weight excluding hydrogens is 250 g/mol. The maximum absolute atomic E-state index is 11.8. The second-order valence-electron chi connectivity index (χ2n) is 4.41. The summed E-state index contributed by atoms with van der Waals surface area (Å²) in [6.07, 6.45) is 0.953. The van der Waals surface area contributed by atoms with Crippen LogP contribution >= 0.6 is 0 Å². The van der Waals surface area contributed by atoms with Gasteiger partial charge in [0.2, 0.25) is 0 Å². The molecule has 106 valence electrons. The highest BCUT2D eigenvalue weighted by Crippen LogP contribution is 2.07. The number of aliphatic hydroxyl groups is 1. The molecule has 0 amide bonds. The van der Waals surface area contributed by atoms with E-state index in [4.69, 9.17) is 5.11 Å². The topological polar surface area (TPSA) is 95.7 Å². The van der Waals surface area contributed by atoms with Crippen LogP contribution in [0.5, 0.6) is 0 Å². The highest BCUT2D eigenvalue weighted by atomic mass is 16.4. The van der Waals surface area contributed by atoms with Crippen LogP contribution in [0.3, 0.4) is 0 Å². The fraction of sp³-hybridized carbons (Fsp3) is 0.583. The first-order valence-corrected chi connectivity index (χ1v) is 6.12. The Hall–Kier alpha value is -1.89. The summed E-state index contributed by atoms with van der Waals surface area (Å²) in [4.78, 5) is 24.1. The van der Waals surface area contributed by atoms with Gasteiger partial charge < -0.3 is 15.1 Å². The summed E-state index contributed by atoms with van der Waals surface area (Å²) in [5.74, 6) is -1.11. The molecule has 7 heteroatoms. The van der Waals surface area contributed by atoms with Crippen molar-refractivity contribution < 1.29 is 15.0 Å². The summed E-state index contributed by atoms with van der Waals surface area (Å²) < 4.78 is 1.07. The number of hydrogen-bond acceptors (Lipinski definition) is 5. The fourth-order valence-corrected chi connectivity index (χ4v) is 1.70. The molecule has 2 N–H and O–H groups in total. The molecule has 1 unspecified atom stereocenters. The van der Waals surface area contributed by atoms with E-state index in [1.165, 1.54) is 12.3 Å². The van der Waals surface area contributed by atoms with Crippen LogP contribution < -0.4 is 10.5 Å². The van der Waals surface area contributed by atoms with Gasteiger partial charge in [0.15, 0.2) is 0 Å². The molecule has 0 radical (unpaired) electrons. The minimum Gasteiger partial charge on any atom is -0.481 e. The van der Waals surface area contributed by atoms with Crippen LogP contribution in [0.15, 0.2) is 17.1 Å². The van der Waals surface area contributed by atoms with Gasteiger partial charge in [-0.1, -0.05) is 6.92 Å². The van der Waals surface area contributed by atoms with Crippen molar-refractivity contribution in [3.63, 3.8) is 0 Å². The van der Waals surface area contributed by atoms with Crippen molar-refractivity contribution in [1.82, 2.24) is 9.78 Å². The first-order valence-electron chi connectivity index (χ1n) is 6.12. The molecule has 1 heterocycles. The molecule has 0 fully saturated rings. The summed E-state index contributed by atoms with van der Waals surface area (Å²) in [7, 11) is 1.86. The number of anilines is 1. The first-order chi connectivity index (χ1) is 8.93. The molecule has 0 spiro atoms. The SMILES string of the molecule is CCCN(C)c1cnn(CC(O)CC(=O)O)c(=O)c1. The highest BCUT2D eigenvalue weighted by Gasteiger charge is 2.12.